The van der Waals surface area contributed by atoms with Crippen molar-refractivity contribution < 1.29 is 28.7 Å². The molecule has 3 aromatic carbocycles. The van der Waals surface area contributed by atoms with Gasteiger partial charge in [0.15, 0.2) is 11.5 Å². The number of barbiturate groups is 1. The number of urea groups is 1. The first-order chi connectivity index (χ1) is 18.5. The highest BCUT2D eigenvalue weighted by molar-refractivity contribution is 6.39. The lowest BCUT2D eigenvalue weighted by atomic mass is 10.1. The quantitative estimate of drug-likeness (QED) is 0.314. The van der Waals surface area contributed by atoms with Crippen LogP contribution in [0.3, 0.4) is 0 Å². The van der Waals surface area contributed by atoms with Gasteiger partial charge in [-0.05, 0) is 36.4 Å². The van der Waals surface area contributed by atoms with Crippen LogP contribution in [0.4, 0.5) is 16.2 Å². The molecule has 0 radical (unpaired) electrons. The van der Waals surface area contributed by atoms with E-state index >= 15 is 0 Å². The van der Waals surface area contributed by atoms with Crippen LogP contribution in [0, 0.1) is 0 Å². The van der Waals surface area contributed by atoms with Gasteiger partial charge in [0.1, 0.15) is 12.1 Å². The van der Waals surface area contributed by atoms with E-state index in [2.05, 4.69) is 10.6 Å². The number of anilines is 2. The summed E-state index contributed by atoms with van der Waals surface area (Å²) in [6.45, 7) is 0.0521. The van der Waals surface area contributed by atoms with E-state index in [0.717, 1.165) is 15.8 Å². The molecule has 0 saturated carbocycles. The van der Waals surface area contributed by atoms with Gasteiger partial charge in [0.2, 0.25) is 12.7 Å². The maximum atomic E-state index is 13.4. The van der Waals surface area contributed by atoms with Crippen LogP contribution < -0.4 is 25.0 Å². The predicted molar refractivity (Wildman–Crippen MR) is 139 cm³/mol. The summed E-state index contributed by atoms with van der Waals surface area (Å²) in [6, 6.07) is 20.2. The number of hydrogen-bond donors (Lipinski definition) is 2. The zero-order valence-corrected chi connectivity index (χ0v) is 19.8. The summed E-state index contributed by atoms with van der Waals surface area (Å²) in [6.07, 6.45) is 3.13. The molecule has 5 amide bonds. The summed E-state index contributed by atoms with van der Waals surface area (Å²) >= 11 is 0. The van der Waals surface area contributed by atoms with E-state index in [1.54, 1.807) is 29.0 Å². The molecular formula is C28H20N4O6. The minimum Gasteiger partial charge on any atom is -0.454 e. The lowest BCUT2D eigenvalue weighted by molar-refractivity contribution is -0.122. The second kappa shape index (κ2) is 9.25. The van der Waals surface area contributed by atoms with Gasteiger partial charge in [-0.1, -0.05) is 36.4 Å². The van der Waals surface area contributed by atoms with Crippen molar-refractivity contribution in [2.24, 2.45) is 0 Å². The number of carbonyl (C=O) groups is 4. The van der Waals surface area contributed by atoms with E-state index in [1.807, 2.05) is 42.5 Å². The summed E-state index contributed by atoms with van der Waals surface area (Å²) in [5.41, 5.74) is 1.98. The fraction of sp³-hybridized carbons (Fsp3) is 0.0714. The monoisotopic (exact) mass is 508 g/mol. The van der Waals surface area contributed by atoms with Gasteiger partial charge >= 0.3 is 6.03 Å². The van der Waals surface area contributed by atoms with E-state index < -0.39 is 17.8 Å². The van der Waals surface area contributed by atoms with Gasteiger partial charge in [0.05, 0.1) is 5.69 Å². The molecule has 0 bridgehead atoms. The highest BCUT2D eigenvalue weighted by atomic mass is 16.7. The summed E-state index contributed by atoms with van der Waals surface area (Å²) in [5.74, 6) is -0.939. The fourth-order valence-electron chi connectivity index (χ4n) is 4.47. The number of nitrogens with one attached hydrogen (secondary N) is 2. The second-order valence-electron chi connectivity index (χ2n) is 8.64. The Morgan fingerprint density at radius 2 is 1.71 bits per heavy atom. The second-order valence-corrected chi connectivity index (χ2v) is 8.64. The van der Waals surface area contributed by atoms with Crippen molar-refractivity contribution in [1.82, 2.24) is 9.88 Å². The summed E-state index contributed by atoms with van der Waals surface area (Å²) in [4.78, 5) is 52.4. The van der Waals surface area contributed by atoms with Gasteiger partial charge in [-0.15, -0.1) is 0 Å². The molecule has 10 heteroatoms. The molecule has 0 atom stereocenters. The number of amides is 5. The van der Waals surface area contributed by atoms with E-state index in [0.29, 0.717) is 22.7 Å². The molecule has 1 aromatic heterocycles. The van der Waals surface area contributed by atoms with Gasteiger partial charge in [0, 0.05) is 34.4 Å². The molecule has 188 valence electrons. The standard InChI is InChI=1S/C28H20N4O6/c33-25(29-18-6-2-1-3-7-18)15-31-14-17(20-8-4-5-9-22(20)31)12-21-26(34)30-28(36)32(27(21)35)19-10-11-23-24(13-19)38-16-37-23/h1-14H,15-16H2,(H,29,33)(H,30,34,36)/b21-12+. The average Bonchev–Trinajstić information content (AvgIpc) is 3.51. The Kier molecular flexibility index (Phi) is 5.61. The largest absolute Gasteiger partial charge is 0.454 e. The predicted octanol–water partition coefficient (Wildman–Crippen LogP) is 3.68. The maximum Gasteiger partial charge on any atom is 0.335 e. The first-order valence-corrected chi connectivity index (χ1v) is 11.7. The molecule has 0 aliphatic carbocycles. The van der Waals surface area contributed by atoms with Gasteiger partial charge in [-0.3, -0.25) is 19.7 Å². The van der Waals surface area contributed by atoms with Gasteiger partial charge in [-0.2, -0.15) is 0 Å². The van der Waals surface area contributed by atoms with E-state index in [1.165, 1.54) is 18.2 Å². The molecular weight excluding hydrogens is 488 g/mol. The number of para-hydroxylation sites is 2. The van der Waals surface area contributed by atoms with Crippen molar-refractivity contribution in [3.05, 3.63) is 90.1 Å². The van der Waals surface area contributed by atoms with Crippen LogP contribution >= 0.6 is 0 Å². The third-order valence-corrected chi connectivity index (χ3v) is 6.21. The Bertz CT molecular complexity index is 1660. The van der Waals surface area contributed by atoms with Crippen molar-refractivity contribution >= 4 is 52.1 Å². The number of nitrogens with zero attached hydrogens (tertiary/aromatic N) is 2. The molecule has 38 heavy (non-hydrogen) atoms. The van der Waals surface area contributed by atoms with Crippen LogP contribution in [-0.2, 0) is 20.9 Å². The normalized spacial score (nSPS) is 15.7. The molecule has 3 heterocycles. The lowest BCUT2D eigenvalue weighted by Gasteiger charge is -2.26. The van der Waals surface area contributed by atoms with Crippen molar-refractivity contribution in [2.45, 2.75) is 6.54 Å². The van der Waals surface area contributed by atoms with Crippen molar-refractivity contribution in [3.8, 4) is 11.5 Å². The van der Waals surface area contributed by atoms with Crippen LogP contribution in [0.5, 0.6) is 11.5 Å². The van der Waals surface area contributed by atoms with Gasteiger partial charge < -0.3 is 19.4 Å². The molecule has 4 aromatic rings. The Labute approximate surface area is 216 Å². The Balaban J connectivity index is 1.33. The Morgan fingerprint density at radius 1 is 0.947 bits per heavy atom. The van der Waals surface area contributed by atoms with Crippen molar-refractivity contribution in [2.75, 3.05) is 17.0 Å². The summed E-state index contributed by atoms with van der Waals surface area (Å²) < 4.78 is 12.4. The Morgan fingerprint density at radius 3 is 2.55 bits per heavy atom. The van der Waals surface area contributed by atoms with Crippen molar-refractivity contribution in [3.63, 3.8) is 0 Å². The number of aromatic nitrogens is 1. The zero-order chi connectivity index (χ0) is 26.2. The first kappa shape index (κ1) is 23.0. The third kappa shape index (κ3) is 4.13. The SMILES string of the molecule is O=C(Cn1cc(/C=C2\C(=O)NC(=O)N(c3ccc4c(c3)OCO4)C2=O)c2ccccc21)Nc1ccccc1. The number of rotatable bonds is 5. The summed E-state index contributed by atoms with van der Waals surface area (Å²) in [5, 5.41) is 5.81. The minimum absolute atomic E-state index is 0.0144. The van der Waals surface area contributed by atoms with E-state index in [4.69, 9.17) is 9.47 Å². The molecule has 0 spiro atoms. The zero-order valence-electron chi connectivity index (χ0n) is 19.8. The van der Waals surface area contributed by atoms with Crippen LogP contribution in [0.2, 0.25) is 0 Å². The fourth-order valence-corrected chi connectivity index (χ4v) is 4.47. The van der Waals surface area contributed by atoms with E-state index in [9.17, 15) is 19.2 Å². The topological polar surface area (TPSA) is 119 Å². The number of ether oxygens (including phenoxy) is 2. The Hall–Kier alpha value is -5.38. The number of benzene rings is 3. The molecule has 10 nitrogen and oxygen atoms in total. The molecule has 2 N–H and O–H groups in total. The number of imide groups is 2. The minimum atomic E-state index is -0.865. The number of fused-ring (bicyclic) bond motifs is 2. The van der Waals surface area contributed by atoms with Crippen LogP contribution in [0.25, 0.3) is 17.0 Å². The van der Waals surface area contributed by atoms with Crippen molar-refractivity contribution in [1.29, 1.82) is 0 Å². The molecule has 6 rings (SSSR count). The first-order valence-electron chi connectivity index (χ1n) is 11.7. The van der Waals surface area contributed by atoms with Crippen LogP contribution in [0.15, 0.2) is 84.6 Å². The molecule has 1 saturated heterocycles. The van der Waals surface area contributed by atoms with E-state index in [-0.39, 0.29) is 30.5 Å². The highest BCUT2D eigenvalue weighted by Gasteiger charge is 2.37. The van der Waals surface area contributed by atoms with Gasteiger partial charge in [0.25, 0.3) is 11.8 Å². The lowest BCUT2D eigenvalue weighted by Crippen LogP contribution is -2.54. The van der Waals surface area contributed by atoms with Crippen LogP contribution in [-0.4, -0.2) is 35.1 Å². The number of carbonyl (C=O) groups excluding carboxylic acids is 4. The molecule has 2 aliphatic heterocycles. The number of hydrogen-bond acceptors (Lipinski definition) is 6. The highest BCUT2D eigenvalue weighted by Crippen LogP contribution is 2.36. The molecule has 0 unspecified atom stereocenters. The average molecular weight is 508 g/mol. The third-order valence-electron chi connectivity index (χ3n) is 6.21. The smallest absolute Gasteiger partial charge is 0.335 e. The van der Waals surface area contributed by atoms with Gasteiger partial charge in [-0.25, -0.2) is 9.69 Å². The maximum absolute atomic E-state index is 13.4. The van der Waals surface area contributed by atoms with Crippen LogP contribution in [0.1, 0.15) is 5.56 Å². The molecule has 2 aliphatic rings. The summed E-state index contributed by atoms with van der Waals surface area (Å²) in [7, 11) is 0. The molecule has 1 fully saturated rings.